The first-order valence-electron chi connectivity index (χ1n) is 10.1. The largest absolute Gasteiger partial charge is 0.417 e. The van der Waals surface area contributed by atoms with E-state index in [1.54, 1.807) is 21.9 Å². The molecule has 0 saturated carbocycles. The van der Waals surface area contributed by atoms with E-state index in [0.717, 1.165) is 12.1 Å². The van der Waals surface area contributed by atoms with Crippen LogP contribution in [0.15, 0.2) is 35.7 Å². The molecule has 2 aromatic rings. The molecule has 2 saturated heterocycles. The number of piperidine rings is 1. The maximum absolute atomic E-state index is 13.4. The summed E-state index contributed by atoms with van der Waals surface area (Å²) in [6.45, 7) is 1.48. The fraction of sp³-hybridized carbons (Fsp3) is 0.409. The van der Waals surface area contributed by atoms with Gasteiger partial charge in [-0.3, -0.25) is 9.59 Å². The summed E-state index contributed by atoms with van der Waals surface area (Å²) in [5.41, 5.74) is 4.05. The van der Waals surface area contributed by atoms with Gasteiger partial charge in [0, 0.05) is 37.3 Å². The van der Waals surface area contributed by atoms with Crippen molar-refractivity contribution in [1.29, 1.82) is 5.26 Å². The fourth-order valence-electron chi connectivity index (χ4n) is 4.84. The van der Waals surface area contributed by atoms with E-state index in [2.05, 4.69) is 0 Å². The molecule has 32 heavy (non-hydrogen) atoms. The Morgan fingerprint density at radius 2 is 1.94 bits per heavy atom. The van der Waals surface area contributed by atoms with E-state index in [1.807, 2.05) is 11.4 Å². The fourth-order valence-corrected chi connectivity index (χ4v) is 5.53. The average molecular weight is 462 g/mol. The van der Waals surface area contributed by atoms with Crippen molar-refractivity contribution in [3.05, 3.63) is 51.7 Å². The molecule has 2 N–H and O–H groups in total. The number of halogens is 3. The zero-order valence-corrected chi connectivity index (χ0v) is 17.9. The number of anilines is 1. The zero-order chi connectivity index (χ0) is 23.1. The molecular weight excluding hydrogens is 441 g/mol. The predicted molar refractivity (Wildman–Crippen MR) is 113 cm³/mol. The summed E-state index contributed by atoms with van der Waals surface area (Å²) in [5, 5.41) is 10.9. The highest BCUT2D eigenvalue weighted by Gasteiger charge is 2.51. The van der Waals surface area contributed by atoms with E-state index in [9.17, 15) is 22.8 Å². The van der Waals surface area contributed by atoms with Crippen LogP contribution in [0.25, 0.3) is 0 Å². The van der Waals surface area contributed by atoms with Crippen molar-refractivity contribution >= 4 is 28.8 Å². The number of amides is 2. The van der Waals surface area contributed by atoms with Gasteiger partial charge in [0.05, 0.1) is 28.0 Å². The molecule has 10 heteroatoms. The number of alkyl halides is 3. The van der Waals surface area contributed by atoms with Gasteiger partial charge >= 0.3 is 6.18 Å². The van der Waals surface area contributed by atoms with Gasteiger partial charge in [-0.15, -0.1) is 11.3 Å². The Morgan fingerprint density at radius 3 is 2.50 bits per heavy atom. The van der Waals surface area contributed by atoms with Crippen molar-refractivity contribution in [1.82, 2.24) is 4.90 Å². The van der Waals surface area contributed by atoms with Crippen LogP contribution in [0.2, 0.25) is 0 Å². The standard InChI is InChI=1S/C22H21F3N4O2S/c23-22(24,25)16-10-15(4-3-14(16)11-26)29-12-17(19(27)30)21(13-29)5-7-28(8-6-21)20(31)18-2-1-9-32-18/h1-4,9-10,17H,5-8,12-13H2,(H2,27,30). The van der Waals surface area contributed by atoms with Crippen LogP contribution >= 0.6 is 11.3 Å². The van der Waals surface area contributed by atoms with Crippen molar-refractivity contribution in [3.63, 3.8) is 0 Å². The smallest absolute Gasteiger partial charge is 0.370 e. The summed E-state index contributed by atoms with van der Waals surface area (Å²) in [4.78, 5) is 29.1. The predicted octanol–water partition coefficient (Wildman–Crippen LogP) is 3.48. The molecule has 2 amide bonds. The van der Waals surface area contributed by atoms with E-state index in [0.29, 0.717) is 43.0 Å². The maximum atomic E-state index is 13.4. The summed E-state index contributed by atoms with van der Waals surface area (Å²) < 4.78 is 40.2. The monoisotopic (exact) mass is 462 g/mol. The molecule has 2 aliphatic rings. The first kappa shape index (κ1) is 22.1. The quantitative estimate of drug-likeness (QED) is 0.756. The summed E-state index contributed by atoms with van der Waals surface area (Å²) in [5.74, 6) is -1.08. The lowest BCUT2D eigenvalue weighted by Crippen LogP contribution is -2.48. The van der Waals surface area contributed by atoms with Crippen molar-refractivity contribution < 1.29 is 22.8 Å². The Balaban J connectivity index is 1.56. The number of benzene rings is 1. The highest BCUT2D eigenvalue weighted by atomic mass is 32.1. The molecule has 3 heterocycles. The van der Waals surface area contributed by atoms with E-state index >= 15 is 0 Å². The van der Waals surface area contributed by atoms with E-state index in [1.165, 1.54) is 17.4 Å². The van der Waals surface area contributed by atoms with E-state index in [4.69, 9.17) is 11.0 Å². The zero-order valence-electron chi connectivity index (χ0n) is 17.1. The normalized spacial score (nSPS) is 20.4. The van der Waals surface area contributed by atoms with Gasteiger partial charge < -0.3 is 15.5 Å². The number of nitrogens with zero attached hydrogens (tertiary/aromatic N) is 3. The number of carbonyl (C=O) groups excluding carboxylic acids is 2. The van der Waals surface area contributed by atoms with Gasteiger partial charge in [0.1, 0.15) is 0 Å². The van der Waals surface area contributed by atoms with Gasteiger partial charge in [-0.05, 0) is 42.5 Å². The van der Waals surface area contributed by atoms with Gasteiger partial charge in [-0.25, -0.2) is 0 Å². The number of primary amides is 1. The number of rotatable bonds is 3. The summed E-state index contributed by atoms with van der Waals surface area (Å²) in [7, 11) is 0. The van der Waals surface area contributed by atoms with Crippen molar-refractivity contribution in [2.75, 3.05) is 31.1 Å². The molecule has 2 aliphatic heterocycles. The molecule has 6 nitrogen and oxygen atoms in total. The van der Waals surface area contributed by atoms with Crippen LogP contribution in [0, 0.1) is 22.7 Å². The number of hydrogen-bond acceptors (Lipinski definition) is 5. The molecule has 168 valence electrons. The lowest BCUT2D eigenvalue weighted by Gasteiger charge is -2.41. The summed E-state index contributed by atoms with van der Waals surface area (Å²) in [6.07, 6.45) is -3.58. The summed E-state index contributed by atoms with van der Waals surface area (Å²) in [6, 6.07) is 8.76. The van der Waals surface area contributed by atoms with Gasteiger partial charge in [0.25, 0.3) is 5.91 Å². The maximum Gasteiger partial charge on any atom is 0.417 e. The Labute approximate surface area is 187 Å². The third-order valence-corrected chi connectivity index (χ3v) is 7.42. The van der Waals surface area contributed by atoms with Gasteiger partial charge in [-0.1, -0.05) is 6.07 Å². The number of hydrogen-bond donors (Lipinski definition) is 1. The van der Waals surface area contributed by atoms with Gasteiger partial charge in [0.15, 0.2) is 0 Å². The molecule has 1 aromatic carbocycles. The lowest BCUT2D eigenvalue weighted by molar-refractivity contribution is -0.137. The second-order valence-electron chi connectivity index (χ2n) is 8.31. The number of likely N-dealkylation sites (tertiary alicyclic amines) is 1. The highest BCUT2D eigenvalue weighted by Crippen LogP contribution is 2.47. The third-order valence-electron chi connectivity index (χ3n) is 6.56. The van der Waals surface area contributed by atoms with Crippen LogP contribution < -0.4 is 10.6 Å². The lowest BCUT2D eigenvalue weighted by atomic mass is 9.70. The summed E-state index contributed by atoms with van der Waals surface area (Å²) >= 11 is 1.37. The Bertz CT molecular complexity index is 1070. The Kier molecular flexibility index (Phi) is 5.63. The van der Waals surface area contributed by atoms with Crippen LogP contribution in [-0.2, 0) is 11.0 Å². The molecule has 1 aromatic heterocycles. The SMILES string of the molecule is N#Cc1ccc(N2CC(C(N)=O)C3(CCN(C(=O)c4cccs4)CC3)C2)cc1C(F)(F)F. The Hall–Kier alpha value is -3.06. The van der Waals surface area contributed by atoms with Crippen LogP contribution in [0.4, 0.5) is 18.9 Å². The van der Waals surface area contributed by atoms with Gasteiger partial charge in [-0.2, -0.15) is 18.4 Å². The number of nitrogens with two attached hydrogens (primary N) is 1. The van der Waals surface area contributed by atoms with E-state index in [-0.39, 0.29) is 12.5 Å². The minimum absolute atomic E-state index is 0.0535. The second kappa shape index (κ2) is 8.13. The van der Waals surface area contributed by atoms with Crippen LogP contribution in [-0.4, -0.2) is 42.9 Å². The molecule has 0 aliphatic carbocycles. The van der Waals surface area contributed by atoms with Gasteiger partial charge in [0.2, 0.25) is 5.91 Å². The first-order valence-corrected chi connectivity index (χ1v) is 11.0. The molecule has 1 atom stereocenters. The minimum Gasteiger partial charge on any atom is -0.370 e. The Morgan fingerprint density at radius 1 is 1.22 bits per heavy atom. The molecule has 2 fully saturated rings. The highest BCUT2D eigenvalue weighted by molar-refractivity contribution is 7.12. The van der Waals surface area contributed by atoms with Crippen molar-refractivity contribution in [2.24, 2.45) is 17.1 Å². The number of nitriles is 1. The van der Waals surface area contributed by atoms with Crippen molar-refractivity contribution in [2.45, 2.75) is 19.0 Å². The van der Waals surface area contributed by atoms with Crippen LogP contribution in [0.1, 0.15) is 33.6 Å². The van der Waals surface area contributed by atoms with Crippen LogP contribution in [0.3, 0.4) is 0 Å². The van der Waals surface area contributed by atoms with Crippen molar-refractivity contribution in [3.8, 4) is 6.07 Å². The number of thiophene rings is 1. The topological polar surface area (TPSA) is 90.4 Å². The van der Waals surface area contributed by atoms with Crippen LogP contribution in [0.5, 0.6) is 0 Å². The third kappa shape index (κ3) is 3.93. The minimum atomic E-state index is -4.66. The molecule has 1 spiro atoms. The molecular formula is C22H21F3N4O2S. The molecule has 4 rings (SSSR count). The molecule has 0 bridgehead atoms. The first-order chi connectivity index (χ1) is 15.1. The average Bonchev–Trinajstić information content (AvgIpc) is 3.41. The second-order valence-corrected chi connectivity index (χ2v) is 9.25. The number of carbonyl (C=O) groups is 2. The molecule has 0 radical (unpaired) electrons. The van der Waals surface area contributed by atoms with E-state index < -0.39 is 34.5 Å². The molecule has 1 unspecified atom stereocenters.